The van der Waals surface area contributed by atoms with Crippen molar-refractivity contribution in [2.45, 2.75) is 19.1 Å². The number of ether oxygens (including phenoxy) is 1. The van der Waals surface area contributed by atoms with Crippen molar-refractivity contribution in [3.63, 3.8) is 0 Å². The monoisotopic (exact) mass is 267 g/mol. The van der Waals surface area contributed by atoms with Gasteiger partial charge in [0.1, 0.15) is 0 Å². The fraction of sp³-hybridized carbons (Fsp3) is 0.385. The first-order valence-electron chi connectivity index (χ1n) is 5.62. The summed E-state index contributed by atoms with van der Waals surface area (Å²) in [6.07, 6.45) is 0. The third-order valence-electron chi connectivity index (χ3n) is 2.14. The number of amides is 1. The van der Waals surface area contributed by atoms with Gasteiger partial charge in [0.25, 0.3) is 0 Å². The quantitative estimate of drug-likeness (QED) is 0.833. The molecule has 1 aromatic rings. The second kappa shape index (κ2) is 7.06. The molecule has 5 heteroatoms. The summed E-state index contributed by atoms with van der Waals surface area (Å²) in [6.45, 7) is 4.09. The van der Waals surface area contributed by atoms with Crippen molar-refractivity contribution in [2.75, 3.05) is 18.2 Å². The molecule has 1 aromatic carbocycles. The number of esters is 1. The van der Waals surface area contributed by atoms with E-state index in [0.29, 0.717) is 22.3 Å². The molecule has 98 valence electrons. The predicted octanol–water partition coefficient (Wildman–Crippen LogP) is 2.55. The van der Waals surface area contributed by atoms with Gasteiger partial charge in [0.2, 0.25) is 5.91 Å². The molecule has 0 saturated carbocycles. The third kappa shape index (κ3) is 4.79. The molecule has 0 spiro atoms. The Balaban J connectivity index is 2.53. The van der Waals surface area contributed by atoms with Crippen molar-refractivity contribution >= 4 is 29.3 Å². The molecule has 0 saturated heterocycles. The summed E-state index contributed by atoms with van der Waals surface area (Å²) in [5.74, 6) is -0.000998. The van der Waals surface area contributed by atoms with Crippen LogP contribution < -0.4 is 5.32 Å². The van der Waals surface area contributed by atoms with Crippen LogP contribution in [0.4, 0.5) is 5.69 Å². The highest BCUT2D eigenvalue weighted by Gasteiger charge is 2.07. The minimum absolute atomic E-state index is 0.0421. The van der Waals surface area contributed by atoms with Gasteiger partial charge in [0.05, 0.1) is 18.4 Å². The van der Waals surface area contributed by atoms with Crippen LogP contribution in [-0.2, 0) is 9.53 Å². The summed E-state index contributed by atoms with van der Waals surface area (Å²) in [6, 6.07) is 6.61. The number of carbonyl (C=O) groups is 2. The summed E-state index contributed by atoms with van der Waals surface area (Å²) in [7, 11) is 1.33. The van der Waals surface area contributed by atoms with Gasteiger partial charge in [-0.05, 0) is 29.5 Å². The lowest BCUT2D eigenvalue weighted by atomic mass is 10.2. The van der Waals surface area contributed by atoms with E-state index in [2.05, 4.69) is 10.1 Å². The molecule has 0 bridgehead atoms. The lowest BCUT2D eigenvalue weighted by molar-refractivity contribution is -0.113. The van der Waals surface area contributed by atoms with E-state index in [9.17, 15) is 9.59 Å². The van der Waals surface area contributed by atoms with E-state index in [1.54, 1.807) is 36.0 Å². The molecule has 0 fully saturated rings. The second-order valence-corrected chi connectivity index (χ2v) is 5.54. The first-order valence-corrected chi connectivity index (χ1v) is 6.67. The van der Waals surface area contributed by atoms with Crippen LogP contribution in [0.5, 0.6) is 0 Å². The predicted molar refractivity (Wildman–Crippen MR) is 74.0 cm³/mol. The molecule has 4 nitrogen and oxygen atoms in total. The Morgan fingerprint density at radius 2 is 1.89 bits per heavy atom. The minimum Gasteiger partial charge on any atom is -0.465 e. The molecule has 0 heterocycles. The van der Waals surface area contributed by atoms with Crippen LogP contribution in [0, 0.1) is 0 Å². The van der Waals surface area contributed by atoms with Crippen molar-refractivity contribution in [3.8, 4) is 0 Å². The van der Waals surface area contributed by atoms with Crippen LogP contribution in [0.15, 0.2) is 24.3 Å². The first-order chi connectivity index (χ1) is 8.52. The molecule has 0 radical (unpaired) electrons. The highest BCUT2D eigenvalue weighted by atomic mass is 32.2. The van der Waals surface area contributed by atoms with E-state index in [1.165, 1.54) is 7.11 Å². The van der Waals surface area contributed by atoms with Crippen LogP contribution >= 0.6 is 11.8 Å². The average molecular weight is 267 g/mol. The first kappa shape index (κ1) is 14.6. The lowest BCUT2D eigenvalue weighted by Gasteiger charge is -2.07. The van der Waals surface area contributed by atoms with Gasteiger partial charge in [-0.25, -0.2) is 4.79 Å². The Kier molecular flexibility index (Phi) is 5.71. The third-order valence-corrected chi connectivity index (χ3v) is 3.23. The number of rotatable bonds is 5. The molecule has 0 aliphatic rings. The topological polar surface area (TPSA) is 55.4 Å². The van der Waals surface area contributed by atoms with Gasteiger partial charge in [-0.1, -0.05) is 13.8 Å². The number of hydrogen-bond acceptors (Lipinski definition) is 4. The number of benzene rings is 1. The number of carbonyl (C=O) groups excluding carboxylic acids is 2. The summed E-state index contributed by atoms with van der Waals surface area (Å²) >= 11 is 1.58. The minimum atomic E-state index is -0.386. The van der Waals surface area contributed by atoms with Crippen LogP contribution in [0.25, 0.3) is 0 Å². The van der Waals surface area contributed by atoms with Gasteiger partial charge in [-0.15, -0.1) is 11.8 Å². The van der Waals surface area contributed by atoms with E-state index >= 15 is 0 Å². The zero-order valence-corrected chi connectivity index (χ0v) is 11.5. The van der Waals surface area contributed by atoms with Crippen LogP contribution in [-0.4, -0.2) is 30.0 Å². The number of hydrogen-bond donors (Lipinski definition) is 1. The standard InChI is InChI=1S/C13H17NO3S/c1-9(2)18-8-12(15)14-11-6-4-10(5-7-11)13(16)17-3/h4-7,9H,8H2,1-3H3,(H,14,15). The summed E-state index contributed by atoms with van der Waals surface area (Å²) in [4.78, 5) is 22.8. The number of nitrogens with one attached hydrogen (secondary N) is 1. The molecular weight excluding hydrogens is 250 g/mol. The van der Waals surface area contributed by atoms with E-state index in [0.717, 1.165) is 0 Å². The van der Waals surface area contributed by atoms with Gasteiger partial charge in [-0.3, -0.25) is 4.79 Å². The molecule has 0 aromatic heterocycles. The van der Waals surface area contributed by atoms with E-state index in [1.807, 2.05) is 13.8 Å². The molecular formula is C13H17NO3S. The number of anilines is 1. The average Bonchev–Trinajstić information content (AvgIpc) is 2.36. The van der Waals surface area contributed by atoms with E-state index in [4.69, 9.17) is 0 Å². The zero-order chi connectivity index (χ0) is 13.5. The molecule has 1 N–H and O–H groups in total. The van der Waals surface area contributed by atoms with Crippen LogP contribution in [0.3, 0.4) is 0 Å². The maximum Gasteiger partial charge on any atom is 0.337 e. The molecule has 1 rings (SSSR count). The lowest BCUT2D eigenvalue weighted by Crippen LogP contribution is -2.15. The SMILES string of the molecule is COC(=O)c1ccc(NC(=O)CSC(C)C)cc1. The molecule has 1 amide bonds. The summed E-state index contributed by atoms with van der Waals surface area (Å²) in [5, 5.41) is 3.20. The highest BCUT2D eigenvalue weighted by Crippen LogP contribution is 2.13. The smallest absolute Gasteiger partial charge is 0.337 e. The molecule has 0 atom stereocenters. The fourth-order valence-corrected chi connectivity index (χ4v) is 1.80. The van der Waals surface area contributed by atoms with Gasteiger partial charge in [-0.2, -0.15) is 0 Å². The zero-order valence-electron chi connectivity index (χ0n) is 10.7. The fourth-order valence-electron chi connectivity index (χ4n) is 1.25. The van der Waals surface area contributed by atoms with E-state index < -0.39 is 0 Å². The molecule has 0 aliphatic heterocycles. The van der Waals surface area contributed by atoms with Crippen molar-refractivity contribution in [2.24, 2.45) is 0 Å². The largest absolute Gasteiger partial charge is 0.465 e. The summed E-state index contributed by atoms with van der Waals surface area (Å²) in [5.41, 5.74) is 1.14. The molecule has 0 aliphatic carbocycles. The van der Waals surface area contributed by atoms with Crippen molar-refractivity contribution in [3.05, 3.63) is 29.8 Å². The summed E-state index contributed by atoms with van der Waals surface area (Å²) < 4.78 is 4.59. The van der Waals surface area contributed by atoms with Crippen molar-refractivity contribution < 1.29 is 14.3 Å². The van der Waals surface area contributed by atoms with Crippen molar-refractivity contribution in [1.29, 1.82) is 0 Å². The number of thioether (sulfide) groups is 1. The Morgan fingerprint density at radius 3 is 2.39 bits per heavy atom. The second-order valence-electron chi connectivity index (χ2n) is 3.98. The van der Waals surface area contributed by atoms with Gasteiger partial charge in [0, 0.05) is 5.69 Å². The number of methoxy groups -OCH3 is 1. The maximum atomic E-state index is 11.6. The van der Waals surface area contributed by atoms with Gasteiger partial charge >= 0.3 is 5.97 Å². The maximum absolute atomic E-state index is 11.6. The molecule has 18 heavy (non-hydrogen) atoms. The Labute approximate surface area is 111 Å². The Hall–Kier alpha value is -1.49. The van der Waals surface area contributed by atoms with Gasteiger partial charge < -0.3 is 10.1 Å². The van der Waals surface area contributed by atoms with E-state index in [-0.39, 0.29) is 11.9 Å². The normalized spacial score (nSPS) is 10.2. The highest BCUT2D eigenvalue weighted by molar-refractivity contribution is 8.00. The Bertz CT molecular complexity index is 415. The van der Waals surface area contributed by atoms with Crippen molar-refractivity contribution in [1.82, 2.24) is 0 Å². The van der Waals surface area contributed by atoms with Crippen LogP contribution in [0.1, 0.15) is 24.2 Å². The molecule has 0 unspecified atom stereocenters. The Morgan fingerprint density at radius 1 is 1.28 bits per heavy atom. The van der Waals surface area contributed by atoms with Gasteiger partial charge in [0.15, 0.2) is 0 Å². The van der Waals surface area contributed by atoms with Crippen LogP contribution in [0.2, 0.25) is 0 Å².